The highest BCUT2D eigenvalue weighted by Crippen LogP contribution is 2.19. The van der Waals surface area contributed by atoms with Crippen LogP contribution in [0.1, 0.15) is 37.8 Å². The Morgan fingerprint density at radius 2 is 2.00 bits per heavy atom. The molecule has 0 atom stereocenters. The van der Waals surface area contributed by atoms with Crippen LogP contribution < -0.4 is 5.43 Å². The van der Waals surface area contributed by atoms with Crippen molar-refractivity contribution < 1.29 is 0 Å². The van der Waals surface area contributed by atoms with Crippen molar-refractivity contribution >= 4 is 23.5 Å². The minimum atomic E-state index is 0.486. The molecule has 2 aromatic rings. The number of hydrogen-bond donors (Lipinski definition) is 2. The molecular weight excluding hydrogens is 248 g/mol. The van der Waals surface area contributed by atoms with E-state index in [4.69, 9.17) is 0 Å². The van der Waals surface area contributed by atoms with Gasteiger partial charge >= 0.3 is 0 Å². The molecule has 0 bridgehead atoms. The number of fused-ring (bicyclic) bond motifs is 1. The second-order valence-electron chi connectivity index (χ2n) is 5.27. The summed E-state index contributed by atoms with van der Waals surface area (Å²) in [6.07, 6.45) is 9.90. The SMILES string of the molecule is C(=NC1CCCCC1)N/N=C/c1cc2ccccc2[nH]1. The molecule has 0 amide bonds. The van der Waals surface area contributed by atoms with Gasteiger partial charge in [-0.05, 0) is 25.0 Å². The van der Waals surface area contributed by atoms with Crippen LogP contribution in [0.5, 0.6) is 0 Å². The van der Waals surface area contributed by atoms with Crippen molar-refractivity contribution in [1.82, 2.24) is 10.4 Å². The number of aromatic amines is 1. The Morgan fingerprint density at radius 3 is 2.85 bits per heavy atom. The second-order valence-corrected chi connectivity index (χ2v) is 5.27. The van der Waals surface area contributed by atoms with Gasteiger partial charge in [-0.2, -0.15) is 5.10 Å². The summed E-state index contributed by atoms with van der Waals surface area (Å²) in [5, 5.41) is 5.36. The van der Waals surface area contributed by atoms with Gasteiger partial charge < -0.3 is 4.98 Å². The molecule has 1 saturated carbocycles. The maximum absolute atomic E-state index is 4.50. The fourth-order valence-corrected chi connectivity index (χ4v) is 2.67. The maximum atomic E-state index is 4.50. The number of H-pyrrole nitrogens is 1. The molecule has 4 nitrogen and oxygen atoms in total. The van der Waals surface area contributed by atoms with E-state index >= 15 is 0 Å². The number of rotatable bonds is 4. The molecule has 1 fully saturated rings. The van der Waals surface area contributed by atoms with Gasteiger partial charge in [0.15, 0.2) is 0 Å². The molecule has 1 aliphatic rings. The minimum Gasteiger partial charge on any atom is -0.354 e. The molecule has 4 heteroatoms. The summed E-state index contributed by atoms with van der Waals surface area (Å²) in [4.78, 5) is 7.80. The molecule has 0 saturated heterocycles. The van der Waals surface area contributed by atoms with Gasteiger partial charge in [-0.1, -0.05) is 37.5 Å². The van der Waals surface area contributed by atoms with Gasteiger partial charge in [0.2, 0.25) is 0 Å². The summed E-state index contributed by atoms with van der Waals surface area (Å²) in [5.41, 5.74) is 5.00. The lowest BCUT2D eigenvalue weighted by atomic mass is 9.96. The normalized spacial score (nSPS) is 17.4. The van der Waals surface area contributed by atoms with Crippen molar-refractivity contribution in [1.29, 1.82) is 0 Å². The van der Waals surface area contributed by atoms with Crippen LogP contribution in [0.2, 0.25) is 0 Å². The minimum absolute atomic E-state index is 0.486. The van der Waals surface area contributed by atoms with Crippen LogP contribution in [-0.4, -0.2) is 23.6 Å². The molecule has 0 spiro atoms. The van der Waals surface area contributed by atoms with E-state index < -0.39 is 0 Å². The largest absolute Gasteiger partial charge is 0.354 e. The Labute approximate surface area is 119 Å². The third-order valence-corrected chi connectivity index (χ3v) is 3.75. The summed E-state index contributed by atoms with van der Waals surface area (Å²) in [6, 6.07) is 10.8. The first-order valence-corrected chi connectivity index (χ1v) is 7.30. The molecule has 3 rings (SSSR count). The predicted molar refractivity (Wildman–Crippen MR) is 84.4 cm³/mol. The number of hydrazone groups is 1. The van der Waals surface area contributed by atoms with Gasteiger partial charge in [0.05, 0.1) is 18.0 Å². The summed E-state index contributed by atoms with van der Waals surface area (Å²) in [6.45, 7) is 0. The number of aliphatic imine (C=N–C) groups is 1. The van der Waals surface area contributed by atoms with E-state index in [1.807, 2.05) is 12.1 Å². The number of aromatic nitrogens is 1. The van der Waals surface area contributed by atoms with Crippen molar-refractivity contribution in [3.8, 4) is 0 Å². The Kier molecular flexibility index (Phi) is 4.11. The Balaban J connectivity index is 1.53. The molecule has 104 valence electrons. The van der Waals surface area contributed by atoms with Crippen molar-refractivity contribution in [2.45, 2.75) is 38.1 Å². The molecular formula is C16H20N4. The quantitative estimate of drug-likeness (QED) is 0.498. The topological polar surface area (TPSA) is 52.5 Å². The summed E-state index contributed by atoms with van der Waals surface area (Å²) < 4.78 is 0. The van der Waals surface area contributed by atoms with E-state index in [9.17, 15) is 0 Å². The van der Waals surface area contributed by atoms with Gasteiger partial charge in [0.25, 0.3) is 0 Å². The molecule has 0 aliphatic heterocycles. The first-order valence-electron chi connectivity index (χ1n) is 7.30. The van der Waals surface area contributed by atoms with Crippen LogP contribution in [0.25, 0.3) is 10.9 Å². The van der Waals surface area contributed by atoms with Gasteiger partial charge in [-0.25, -0.2) is 0 Å². The average molecular weight is 268 g/mol. The lowest BCUT2D eigenvalue weighted by Crippen LogP contribution is -2.12. The standard InChI is InChI=1S/C16H20N4/c1-2-7-14(8-3-1)17-12-19-18-11-15-10-13-6-4-5-9-16(13)20-15/h4-6,9-12,14,20H,1-3,7-8H2,(H,17,19)/b18-11+. The fraction of sp³-hybridized carbons (Fsp3) is 0.375. The average Bonchev–Trinajstić information content (AvgIpc) is 2.90. The van der Waals surface area contributed by atoms with Crippen LogP contribution in [-0.2, 0) is 0 Å². The number of hydrogen-bond acceptors (Lipinski definition) is 2. The van der Waals surface area contributed by atoms with Gasteiger partial charge in [0, 0.05) is 10.9 Å². The van der Waals surface area contributed by atoms with Crippen molar-refractivity contribution in [3.63, 3.8) is 0 Å². The third kappa shape index (κ3) is 3.26. The maximum Gasteiger partial charge on any atom is 0.103 e. The Morgan fingerprint density at radius 1 is 1.15 bits per heavy atom. The number of para-hydroxylation sites is 1. The van der Waals surface area contributed by atoms with Crippen LogP contribution in [0.4, 0.5) is 0 Å². The highest BCUT2D eigenvalue weighted by atomic mass is 15.3. The summed E-state index contributed by atoms with van der Waals surface area (Å²) in [7, 11) is 0. The van der Waals surface area contributed by atoms with E-state index in [1.54, 1.807) is 12.6 Å². The highest BCUT2D eigenvalue weighted by Gasteiger charge is 2.10. The molecule has 0 radical (unpaired) electrons. The van der Waals surface area contributed by atoms with E-state index in [0.29, 0.717) is 6.04 Å². The van der Waals surface area contributed by atoms with Crippen LogP contribution in [0.3, 0.4) is 0 Å². The number of nitrogens with one attached hydrogen (secondary N) is 2. The van der Waals surface area contributed by atoms with Gasteiger partial charge in [-0.3, -0.25) is 10.4 Å². The fourth-order valence-electron chi connectivity index (χ4n) is 2.67. The number of benzene rings is 1. The van der Waals surface area contributed by atoms with Gasteiger partial charge in [-0.15, -0.1) is 0 Å². The molecule has 1 aliphatic carbocycles. The van der Waals surface area contributed by atoms with Crippen LogP contribution >= 0.6 is 0 Å². The first kappa shape index (κ1) is 12.9. The summed E-state index contributed by atoms with van der Waals surface area (Å²) in [5.74, 6) is 0. The molecule has 1 aromatic heterocycles. The molecule has 0 unspecified atom stereocenters. The monoisotopic (exact) mass is 268 g/mol. The first-order chi connectivity index (χ1) is 9.92. The lowest BCUT2D eigenvalue weighted by Gasteiger charge is -2.16. The van der Waals surface area contributed by atoms with Crippen LogP contribution in [0.15, 0.2) is 40.4 Å². The molecule has 1 heterocycles. The third-order valence-electron chi connectivity index (χ3n) is 3.75. The van der Waals surface area contributed by atoms with Crippen LogP contribution in [0, 0.1) is 0 Å². The zero-order valence-electron chi connectivity index (χ0n) is 11.5. The second kappa shape index (κ2) is 6.37. The number of nitrogens with zero attached hydrogens (tertiary/aromatic N) is 2. The molecule has 2 N–H and O–H groups in total. The van der Waals surface area contributed by atoms with E-state index in [0.717, 1.165) is 11.2 Å². The lowest BCUT2D eigenvalue weighted by molar-refractivity contribution is 0.443. The van der Waals surface area contributed by atoms with E-state index in [-0.39, 0.29) is 0 Å². The molecule has 20 heavy (non-hydrogen) atoms. The highest BCUT2D eigenvalue weighted by molar-refractivity contribution is 5.89. The van der Waals surface area contributed by atoms with Crippen molar-refractivity contribution in [3.05, 3.63) is 36.0 Å². The van der Waals surface area contributed by atoms with Crippen molar-refractivity contribution in [2.24, 2.45) is 10.1 Å². The Bertz CT molecular complexity index is 573. The Hall–Kier alpha value is -2.10. The van der Waals surface area contributed by atoms with E-state index in [1.165, 1.54) is 37.5 Å². The van der Waals surface area contributed by atoms with Crippen molar-refractivity contribution in [2.75, 3.05) is 0 Å². The molecule has 1 aromatic carbocycles. The van der Waals surface area contributed by atoms with Gasteiger partial charge in [0.1, 0.15) is 6.34 Å². The van der Waals surface area contributed by atoms with E-state index in [2.05, 4.69) is 38.7 Å². The predicted octanol–water partition coefficient (Wildman–Crippen LogP) is 3.45. The summed E-state index contributed by atoms with van der Waals surface area (Å²) >= 11 is 0. The zero-order chi connectivity index (χ0) is 13.6. The zero-order valence-corrected chi connectivity index (χ0v) is 11.5. The smallest absolute Gasteiger partial charge is 0.103 e.